The number of piperazine rings is 1. The lowest BCUT2D eigenvalue weighted by Crippen LogP contribution is -2.53. The molecule has 1 aliphatic heterocycles. The number of likely N-dealkylation sites (N-methyl/N-ethyl adjacent to an activating group) is 1. The molecule has 1 atom stereocenters. The second kappa shape index (κ2) is 11.5. The first-order valence-corrected chi connectivity index (χ1v) is 12.3. The van der Waals surface area contributed by atoms with Gasteiger partial charge in [0.25, 0.3) is 11.8 Å². The molecule has 7 nitrogen and oxygen atoms in total. The quantitative estimate of drug-likeness (QED) is 0.425. The van der Waals surface area contributed by atoms with Crippen molar-refractivity contribution in [3.8, 4) is 0 Å². The molecule has 1 aromatic heterocycles. The number of rotatable bonds is 5. The molecule has 2 amide bonds. The van der Waals surface area contributed by atoms with E-state index >= 15 is 0 Å². The van der Waals surface area contributed by atoms with Crippen LogP contribution in [0.5, 0.6) is 0 Å². The van der Waals surface area contributed by atoms with Gasteiger partial charge in [-0.3, -0.25) is 19.3 Å². The average Bonchev–Trinajstić information content (AvgIpc) is 3.20. The van der Waals surface area contributed by atoms with Gasteiger partial charge in [0.05, 0.1) is 5.56 Å². The van der Waals surface area contributed by atoms with Crippen molar-refractivity contribution >= 4 is 28.5 Å². The Kier molecular flexibility index (Phi) is 8.63. The van der Waals surface area contributed by atoms with Gasteiger partial charge in [-0.1, -0.05) is 26.0 Å². The molecule has 2 heterocycles. The number of aromatic amines is 1. The van der Waals surface area contributed by atoms with Crippen molar-refractivity contribution in [3.63, 3.8) is 0 Å². The van der Waals surface area contributed by atoms with E-state index in [0.29, 0.717) is 37.1 Å². The van der Waals surface area contributed by atoms with Crippen LogP contribution in [0.15, 0.2) is 42.5 Å². The van der Waals surface area contributed by atoms with Crippen molar-refractivity contribution in [3.05, 3.63) is 70.7 Å². The number of ketones is 1. The zero-order chi connectivity index (χ0) is 26.6. The number of H-pyrrole nitrogens is 1. The minimum atomic E-state index is -0.606. The monoisotopic (exact) mass is 494 g/mol. The van der Waals surface area contributed by atoms with Gasteiger partial charge in [0.2, 0.25) is 5.78 Å². The third-order valence-corrected chi connectivity index (χ3v) is 6.35. The largest absolute Gasteiger partial charge is 0.358 e. The van der Waals surface area contributed by atoms with E-state index in [-0.39, 0.29) is 23.3 Å². The summed E-state index contributed by atoms with van der Waals surface area (Å²) in [6, 6.07) is 11.4. The zero-order valence-electron chi connectivity index (χ0n) is 21.9. The highest BCUT2D eigenvalue weighted by Crippen LogP contribution is 2.27. The molecule has 0 spiro atoms. The molecule has 1 saturated heterocycles. The number of amides is 2. The molecule has 0 saturated carbocycles. The minimum Gasteiger partial charge on any atom is -0.358 e. The van der Waals surface area contributed by atoms with Gasteiger partial charge in [0, 0.05) is 68.5 Å². The van der Waals surface area contributed by atoms with Crippen LogP contribution in [0.2, 0.25) is 0 Å². The third-order valence-electron chi connectivity index (χ3n) is 6.35. The van der Waals surface area contributed by atoms with E-state index in [0.717, 1.165) is 16.8 Å². The van der Waals surface area contributed by atoms with Crippen molar-refractivity contribution in [1.82, 2.24) is 19.7 Å². The number of nitrogens with zero attached hydrogens (tertiary/aromatic N) is 3. The molecular formula is C28H35FN4O3. The fraction of sp³-hybridized carbons (Fsp3) is 0.393. The van der Waals surface area contributed by atoms with Gasteiger partial charge in [0.15, 0.2) is 0 Å². The normalized spacial score (nSPS) is 15.9. The summed E-state index contributed by atoms with van der Waals surface area (Å²) < 4.78 is 13.2. The van der Waals surface area contributed by atoms with Gasteiger partial charge in [-0.25, -0.2) is 4.39 Å². The molecule has 1 N–H and O–H groups in total. The van der Waals surface area contributed by atoms with E-state index in [1.807, 2.05) is 32.6 Å². The highest BCUT2D eigenvalue weighted by Gasteiger charge is 2.31. The van der Waals surface area contributed by atoms with E-state index < -0.39 is 11.7 Å². The number of benzene rings is 2. The smallest absolute Gasteiger partial charge is 0.294 e. The maximum atomic E-state index is 13.6. The molecular weight excluding hydrogens is 459 g/mol. The lowest BCUT2D eigenvalue weighted by Gasteiger charge is -2.40. The van der Waals surface area contributed by atoms with Crippen LogP contribution >= 0.6 is 0 Å². The summed E-state index contributed by atoms with van der Waals surface area (Å²) in [5.74, 6) is -1.56. The molecule has 0 radical (unpaired) electrons. The zero-order valence-corrected chi connectivity index (χ0v) is 21.9. The Labute approximate surface area is 211 Å². The van der Waals surface area contributed by atoms with Crippen molar-refractivity contribution < 1.29 is 18.8 Å². The predicted octanol–water partition coefficient (Wildman–Crippen LogP) is 4.26. The number of aryl methyl sites for hydroxylation is 1. The summed E-state index contributed by atoms with van der Waals surface area (Å²) in [4.78, 5) is 46.9. The molecule has 0 bridgehead atoms. The standard InChI is InChI=1S/C26H29FN4O3.C2H6/c1-16-14-30(15-18-5-8-20(27)9-6-18)11-12-31(16)25(33)23-17(2)28-22-10-7-19(13-21(22)23)24(32)26(34)29(3)4;1-2/h5-10,13,16,28H,11-12,14-15H2,1-4H3;1-2H3/t16-;/m1./s1. The van der Waals surface area contributed by atoms with Crippen molar-refractivity contribution in [2.75, 3.05) is 33.7 Å². The van der Waals surface area contributed by atoms with Crippen molar-refractivity contribution in [2.24, 2.45) is 0 Å². The molecule has 3 aromatic rings. The molecule has 1 aliphatic rings. The van der Waals surface area contributed by atoms with Crippen LogP contribution < -0.4 is 0 Å². The minimum absolute atomic E-state index is 0.0221. The summed E-state index contributed by atoms with van der Waals surface area (Å²) >= 11 is 0. The average molecular weight is 495 g/mol. The Morgan fingerprint density at radius 1 is 1.06 bits per heavy atom. The number of carbonyl (C=O) groups excluding carboxylic acids is 3. The van der Waals surface area contributed by atoms with Gasteiger partial charge in [-0.05, 0) is 49.7 Å². The molecule has 4 rings (SSSR count). The Bertz CT molecular complexity index is 1250. The van der Waals surface area contributed by atoms with Crippen LogP contribution in [-0.2, 0) is 11.3 Å². The van der Waals surface area contributed by atoms with Crippen LogP contribution in [0.25, 0.3) is 10.9 Å². The maximum Gasteiger partial charge on any atom is 0.294 e. The fourth-order valence-corrected chi connectivity index (χ4v) is 4.54. The van der Waals surface area contributed by atoms with E-state index in [1.54, 1.807) is 30.3 Å². The summed E-state index contributed by atoms with van der Waals surface area (Å²) in [6.45, 7) is 10.5. The molecule has 192 valence electrons. The van der Waals surface area contributed by atoms with Crippen LogP contribution in [0, 0.1) is 12.7 Å². The van der Waals surface area contributed by atoms with Crippen LogP contribution in [-0.4, -0.2) is 77.1 Å². The molecule has 8 heteroatoms. The number of hydrogen-bond donors (Lipinski definition) is 1. The van der Waals surface area contributed by atoms with Crippen molar-refractivity contribution in [1.29, 1.82) is 0 Å². The summed E-state index contributed by atoms with van der Waals surface area (Å²) in [6.07, 6.45) is 0. The molecule has 0 aliphatic carbocycles. The lowest BCUT2D eigenvalue weighted by molar-refractivity contribution is -0.124. The summed E-state index contributed by atoms with van der Waals surface area (Å²) in [5.41, 5.74) is 3.30. The Morgan fingerprint density at radius 3 is 2.33 bits per heavy atom. The Balaban J connectivity index is 0.00000176. The van der Waals surface area contributed by atoms with Crippen molar-refractivity contribution in [2.45, 2.75) is 40.3 Å². The second-order valence-corrected chi connectivity index (χ2v) is 9.12. The number of nitrogens with one attached hydrogen (secondary N) is 1. The van der Waals surface area contributed by atoms with E-state index in [2.05, 4.69) is 9.88 Å². The van der Waals surface area contributed by atoms with Gasteiger partial charge in [-0.2, -0.15) is 0 Å². The fourth-order valence-electron chi connectivity index (χ4n) is 4.54. The Morgan fingerprint density at radius 2 is 1.72 bits per heavy atom. The van der Waals surface area contributed by atoms with Gasteiger partial charge >= 0.3 is 0 Å². The van der Waals surface area contributed by atoms with Gasteiger partial charge < -0.3 is 14.8 Å². The summed E-state index contributed by atoms with van der Waals surface area (Å²) in [5, 5.41) is 0.640. The topological polar surface area (TPSA) is 76.7 Å². The first-order chi connectivity index (χ1) is 17.2. The maximum absolute atomic E-state index is 13.6. The highest BCUT2D eigenvalue weighted by atomic mass is 19.1. The SMILES string of the molecule is CC.Cc1[nH]c2ccc(C(=O)C(=O)N(C)C)cc2c1C(=O)N1CCN(Cc2ccc(F)cc2)C[C@H]1C. The van der Waals surface area contributed by atoms with E-state index in [4.69, 9.17) is 0 Å². The van der Waals surface area contributed by atoms with Crippen LogP contribution in [0.1, 0.15) is 52.7 Å². The van der Waals surface area contributed by atoms with Gasteiger partial charge in [-0.15, -0.1) is 0 Å². The number of Topliss-reactive ketones (excluding diaryl/α,β-unsaturated/α-hetero) is 1. The van der Waals surface area contributed by atoms with Gasteiger partial charge in [0.1, 0.15) is 5.82 Å². The molecule has 36 heavy (non-hydrogen) atoms. The number of aromatic nitrogens is 1. The number of fused-ring (bicyclic) bond motifs is 1. The van der Waals surface area contributed by atoms with Crippen LogP contribution in [0.3, 0.4) is 0 Å². The number of carbonyl (C=O) groups is 3. The lowest BCUT2D eigenvalue weighted by atomic mass is 10.0. The van der Waals surface area contributed by atoms with E-state index in [1.165, 1.54) is 31.1 Å². The number of halogens is 1. The van der Waals surface area contributed by atoms with E-state index in [9.17, 15) is 18.8 Å². The predicted molar refractivity (Wildman–Crippen MR) is 140 cm³/mol. The first kappa shape index (κ1) is 27.1. The molecule has 0 unspecified atom stereocenters. The van der Waals surface area contributed by atoms with Crippen LogP contribution in [0.4, 0.5) is 4.39 Å². The second-order valence-electron chi connectivity index (χ2n) is 9.12. The first-order valence-electron chi connectivity index (χ1n) is 12.3. The highest BCUT2D eigenvalue weighted by molar-refractivity contribution is 6.43. The number of hydrogen-bond acceptors (Lipinski definition) is 4. The molecule has 1 fully saturated rings. The third kappa shape index (κ3) is 5.65. The summed E-state index contributed by atoms with van der Waals surface area (Å²) in [7, 11) is 3.07. The Hall–Kier alpha value is -3.52. The molecule has 2 aromatic carbocycles.